The molecule has 3 aromatic rings. The van der Waals surface area contributed by atoms with E-state index < -0.39 is 0 Å². The number of hydrogen-bond acceptors (Lipinski definition) is 3. The van der Waals surface area contributed by atoms with Gasteiger partial charge in [0.05, 0.1) is 11.0 Å². The molecule has 0 aliphatic carbocycles. The molecule has 0 aliphatic rings. The van der Waals surface area contributed by atoms with Gasteiger partial charge in [-0.1, -0.05) is 42.5 Å². The Morgan fingerprint density at radius 2 is 1.78 bits per heavy atom. The molecule has 0 saturated heterocycles. The maximum atomic E-state index is 4.49. The highest BCUT2D eigenvalue weighted by Gasteiger charge is 2.01. The summed E-state index contributed by atoms with van der Waals surface area (Å²) in [7, 11) is 0. The molecule has 90 valence electrons. The predicted octanol–water partition coefficient (Wildman–Crippen LogP) is 3.36. The number of fused-ring (bicyclic) bond motifs is 1. The number of benzene rings is 2. The SMILES string of the molecule is c1ccc(CNSc2nc3ccccc3[nH]2)cc1. The number of imidazole rings is 1. The van der Waals surface area contributed by atoms with Gasteiger partial charge in [0.25, 0.3) is 0 Å². The molecule has 0 bridgehead atoms. The van der Waals surface area contributed by atoms with Gasteiger partial charge in [-0.2, -0.15) is 0 Å². The molecule has 0 unspecified atom stereocenters. The second kappa shape index (κ2) is 5.25. The van der Waals surface area contributed by atoms with E-state index in [1.54, 1.807) is 0 Å². The van der Waals surface area contributed by atoms with Crippen LogP contribution in [0.3, 0.4) is 0 Å². The summed E-state index contributed by atoms with van der Waals surface area (Å²) in [6, 6.07) is 18.4. The Hall–Kier alpha value is -1.78. The van der Waals surface area contributed by atoms with Crippen LogP contribution >= 0.6 is 11.9 Å². The van der Waals surface area contributed by atoms with Crippen LogP contribution in [0.25, 0.3) is 11.0 Å². The number of hydrogen-bond donors (Lipinski definition) is 2. The molecule has 0 atom stereocenters. The largest absolute Gasteiger partial charge is 0.332 e. The molecule has 0 saturated carbocycles. The third-order valence-electron chi connectivity index (χ3n) is 2.66. The van der Waals surface area contributed by atoms with E-state index in [9.17, 15) is 0 Å². The highest BCUT2D eigenvalue weighted by Crippen LogP contribution is 2.17. The van der Waals surface area contributed by atoms with Crippen LogP contribution in [0.15, 0.2) is 59.8 Å². The van der Waals surface area contributed by atoms with E-state index in [4.69, 9.17) is 0 Å². The van der Waals surface area contributed by atoms with Crippen LogP contribution in [0.1, 0.15) is 5.56 Å². The molecule has 0 spiro atoms. The average molecular weight is 255 g/mol. The number of aromatic amines is 1. The second-order valence-electron chi connectivity index (χ2n) is 3.97. The lowest BCUT2D eigenvalue weighted by Crippen LogP contribution is -2.03. The van der Waals surface area contributed by atoms with E-state index in [0.717, 1.165) is 22.7 Å². The first-order chi connectivity index (χ1) is 8.92. The lowest BCUT2D eigenvalue weighted by molar-refractivity contribution is 0.957. The van der Waals surface area contributed by atoms with Crippen molar-refractivity contribution in [2.45, 2.75) is 11.7 Å². The van der Waals surface area contributed by atoms with Crippen LogP contribution in [0, 0.1) is 0 Å². The van der Waals surface area contributed by atoms with Crippen LogP contribution < -0.4 is 4.72 Å². The Morgan fingerprint density at radius 3 is 2.61 bits per heavy atom. The molecule has 1 heterocycles. The fourth-order valence-corrected chi connectivity index (χ4v) is 2.44. The van der Waals surface area contributed by atoms with Crippen molar-refractivity contribution >= 4 is 23.0 Å². The zero-order valence-electron chi connectivity index (χ0n) is 9.76. The molecule has 18 heavy (non-hydrogen) atoms. The quantitative estimate of drug-likeness (QED) is 0.702. The first-order valence-corrected chi connectivity index (χ1v) is 6.62. The van der Waals surface area contributed by atoms with E-state index in [-0.39, 0.29) is 0 Å². The van der Waals surface area contributed by atoms with Gasteiger partial charge in [0.15, 0.2) is 5.16 Å². The number of nitrogens with zero attached hydrogens (tertiary/aromatic N) is 1. The summed E-state index contributed by atoms with van der Waals surface area (Å²) < 4.78 is 3.30. The molecule has 1 aromatic heterocycles. The lowest BCUT2D eigenvalue weighted by Gasteiger charge is -2.01. The lowest BCUT2D eigenvalue weighted by atomic mass is 10.2. The molecule has 3 nitrogen and oxygen atoms in total. The predicted molar refractivity (Wildman–Crippen MR) is 75.2 cm³/mol. The summed E-state index contributed by atoms with van der Waals surface area (Å²) in [5.74, 6) is 0. The van der Waals surface area contributed by atoms with E-state index in [1.165, 1.54) is 17.5 Å². The molecule has 0 fully saturated rings. The number of aromatic nitrogens is 2. The van der Waals surface area contributed by atoms with Crippen molar-refractivity contribution in [3.05, 3.63) is 60.2 Å². The van der Waals surface area contributed by atoms with Crippen molar-refractivity contribution in [2.24, 2.45) is 0 Å². The Labute approximate surface area is 110 Å². The smallest absolute Gasteiger partial charge is 0.181 e. The topological polar surface area (TPSA) is 40.7 Å². The van der Waals surface area contributed by atoms with Crippen LogP contribution in [-0.2, 0) is 6.54 Å². The third kappa shape index (κ3) is 2.55. The van der Waals surface area contributed by atoms with Crippen molar-refractivity contribution < 1.29 is 0 Å². The maximum absolute atomic E-state index is 4.49. The van der Waals surface area contributed by atoms with Gasteiger partial charge in [-0.3, -0.25) is 4.72 Å². The molecule has 0 radical (unpaired) electrons. The number of para-hydroxylation sites is 2. The van der Waals surface area contributed by atoms with Gasteiger partial charge in [0.1, 0.15) is 0 Å². The second-order valence-corrected chi connectivity index (χ2v) is 4.85. The molecule has 4 heteroatoms. The highest BCUT2D eigenvalue weighted by molar-refractivity contribution is 7.97. The van der Waals surface area contributed by atoms with E-state index in [0.29, 0.717) is 0 Å². The zero-order chi connectivity index (χ0) is 12.2. The highest BCUT2D eigenvalue weighted by atomic mass is 32.2. The molecule has 0 aliphatic heterocycles. The van der Waals surface area contributed by atoms with Crippen molar-refractivity contribution in [3.63, 3.8) is 0 Å². The Balaban J connectivity index is 1.63. The van der Waals surface area contributed by atoms with Gasteiger partial charge < -0.3 is 4.98 Å². The number of H-pyrrole nitrogens is 1. The minimum atomic E-state index is 0.822. The molecule has 2 aromatic carbocycles. The summed E-state index contributed by atoms with van der Waals surface area (Å²) >= 11 is 1.52. The summed E-state index contributed by atoms with van der Waals surface area (Å²) in [5, 5.41) is 0.895. The Kier molecular flexibility index (Phi) is 3.30. The van der Waals surface area contributed by atoms with Crippen LogP contribution in [0.4, 0.5) is 0 Å². The molecule has 2 N–H and O–H groups in total. The standard InChI is InChI=1S/C14H13N3S/c1-2-6-11(7-3-1)10-15-18-14-16-12-8-4-5-9-13(12)17-14/h1-9,15H,10H2,(H,16,17). The first kappa shape index (κ1) is 11.3. The Morgan fingerprint density at radius 1 is 1.00 bits per heavy atom. The van der Waals surface area contributed by atoms with Gasteiger partial charge >= 0.3 is 0 Å². The fraction of sp³-hybridized carbons (Fsp3) is 0.0714. The monoisotopic (exact) mass is 255 g/mol. The van der Waals surface area contributed by atoms with Crippen molar-refractivity contribution in [2.75, 3.05) is 0 Å². The van der Waals surface area contributed by atoms with Crippen LogP contribution in [-0.4, -0.2) is 9.97 Å². The first-order valence-electron chi connectivity index (χ1n) is 5.80. The summed E-state index contributed by atoms with van der Waals surface area (Å²) in [6.07, 6.45) is 0. The fourth-order valence-electron chi connectivity index (χ4n) is 1.76. The van der Waals surface area contributed by atoms with Crippen LogP contribution in [0.5, 0.6) is 0 Å². The Bertz CT molecular complexity index is 601. The van der Waals surface area contributed by atoms with E-state index >= 15 is 0 Å². The van der Waals surface area contributed by atoms with Gasteiger partial charge in [-0.05, 0) is 29.6 Å². The van der Waals surface area contributed by atoms with Crippen molar-refractivity contribution in [3.8, 4) is 0 Å². The van der Waals surface area contributed by atoms with E-state index in [2.05, 4.69) is 26.8 Å². The minimum Gasteiger partial charge on any atom is -0.332 e. The molecule has 0 amide bonds. The number of rotatable bonds is 4. The van der Waals surface area contributed by atoms with E-state index in [1.807, 2.05) is 42.5 Å². The van der Waals surface area contributed by atoms with Gasteiger partial charge in [0, 0.05) is 6.54 Å². The average Bonchev–Trinajstić information content (AvgIpc) is 2.82. The number of nitrogens with one attached hydrogen (secondary N) is 2. The minimum absolute atomic E-state index is 0.822. The third-order valence-corrected chi connectivity index (χ3v) is 3.33. The van der Waals surface area contributed by atoms with Gasteiger partial charge in [-0.15, -0.1) is 0 Å². The van der Waals surface area contributed by atoms with Crippen molar-refractivity contribution in [1.29, 1.82) is 0 Å². The van der Waals surface area contributed by atoms with Gasteiger partial charge in [0.2, 0.25) is 0 Å². The summed E-state index contributed by atoms with van der Waals surface area (Å²) in [4.78, 5) is 7.76. The molecular weight excluding hydrogens is 242 g/mol. The molecular formula is C14H13N3S. The zero-order valence-corrected chi connectivity index (χ0v) is 10.6. The summed E-state index contributed by atoms with van der Waals surface area (Å²) in [5.41, 5.74) is 3.34. The normalized spacial score (nSPS) is 10.9. The summed E-state index contributed by atoms with van der Waals surface area (Å²) in [6.45, 7) is 0.822. The van der Waals surface area contributed by atoms with Crippen LogP contribution in [0.2, 0.25) is 0 Å². The maximum Gasteiger partial charge on any atom is 0.181 e. The molecule has 3 rings (SSSR count). The van der Waals surface area contributed by atoms with Gasteiger partial charge in [-0.25, -0.2) is 4.98 Å². The van der Waals surface area contributed by atoms with Crippen molar-refractivity contribution in [1.82, 2.24) is 14.7 Å².